The van der Waals surface area contributed by atoms with Gasteiger partial charge in [0.15, 0.2) is 0 Å². The Labute approximate surface area is 124 Å². The molecule has 2 aromatic rings. The van der Waals surface area contributed by atoms with E-state index < -0.39 is 0 Å². The minimum absolute atomic E-state index is 0.160. The summed E-state index contributed by atoms with van der Waals surface area (Å²) in [4.78, 5) is 9.96. The maximum Gasteiger partial charge on any atom is 0.133 e. The molecule has 0 aromatic carbocycles. The predicted octanol–water partition coefficient (Wildman–Crippen LogP) is 2.80. The van der Waals surface area contributed by atoms with Gasteiger partial charge in [-0.25, -0.2) is 4.98 Å². The van der Waals surface area contributed by atoms with Gasteiger partial charge in [0.05, 0.1) is 24.3 Å². The molecule has 0 radical (unpaired) electrons. The molecule has 112 valence electrons. The average Bonchev–Trinajstić information content (AvgIpc) is 3.17. The van der Waals surface area contributed by atoms with Gasteiger partial charge < -0.3 is 14.1 Å². The molecule has 4 heterocycles. The maximum absolute atomic E-state index is 6.00. The Morgan fingerprint density at radius 2 is 2.33 bits per heavy atom. The van der Waals surface area contributed by atoms with Crippen LogP contribution in [0.4, 0.5) is 0 Å². The predicted molar refractivity (Wildman–Crippen MR) is 77.7 cm³/mol. The third-order valence-electron chi connectivity index (χ3n) is 4.41. The van der Waals surface area contributed by atoms with E-state index in [1.165, 1.54) is 24.2 Å². The molecule has 1 atom stereocenters. The van der Waals surface area contributed by atoms with Crippen LogP contribution in [-0.4, -0.2) is 28.0 Å². The lowest BCUT2D eigenvalue weighted by Crippen LogP contribution is -2.29. The van der Waals surface area contributed by atoms with Gasteiger partial charge in [-0.1, -0.05) is 0 Å². The van der Waals surface area contributed by atoms with Gasteiger partial charge in [-0.3, -0.25) is 4.90 Å². The van der Waals surface area contributed by atoms with E-state index in [0.717, 1.165) is 50.6 Å². The summed E-state index contributed by atoms with van der Waals surface area (Å²) in [5.41, 5.74) is 2.45. The Morgan fingerprint density at radius 3 is 3.24 bits per heavy atom. The first kappa shape index (κ1) is 13.1. The molecule has 21 heavy (non-hydrogen) atoms. The van der Waals surface area contributed by atoms with Gasteiger partial charge >= 0.3 is 0 Å². The second-order valence-electron chi connectivity index (χ2n) is 5.95. The zero-order valence-corrected chi connectivity index (χ0v) is 12.2. The van der Waals surface area contributed by atoms with Crippen molar-refractivity contribution in [2.24, 2.45) is 0 Å². The zero-order valence-electron chi connectivity index (χ0n) is 12.2. The molecule has 1 saturated heterocycles. The normalized spacial score (nSPS) is 23.1. The minimum atomic E-state index is 0.160. The van der Waals surface area contributed by atoms with E-state index in [4.69, 9.17) is 9.15 Å². The van der Waals surface area contributed by atoms with Crippen molar-refractivity contribution in [1.82, 2.24) is 14.9 Å². The zero-order chi connectivity index (χ0) is 14.1. The number of nitrogens with zero attached hydrogens (tertiary/aromatic N) is 2. The number of H-pyrrole nitrogens is 1. The van der Waals surface area contributed by atoms with Gasteiger partial charge in [0.1, 0.15) is 17.6 Å². The fourth-order valence-electron chi connectivity index (χ4n) is 3.24. The van der Waals surface area contributed by atoms with E-state index in [2.05, 4.69) is 27.0 Å². The topological polar surface area (TPSA) is 54.3 Å². The highest BCUT2D eigenvalue weighted by Crippen LogP contribution is 2.29. The standard InChI is InChI=1S/C16H21N3O2/c1-2-8-20-15(3-1)16-5-4-12(21-16)9-19-7-6-13-14(10-19)18-11-17-13/h4-5,11,15H,1-3,6-10H2,(H,17,18)/t15-/m1/s1. The molecule has 0 spiro atoms. The van der Waals surface area contributed by atoms with Crippen molar-refractivity contribution >= 4 is 0 Å². The summed E-state index contributed by atoms with van der Waals surface area (Å²) >= 11 is 0. The van der Waals surface area contributed by atoms with Crippen LogP contribution in [0.15, 0.2) is 22.9 Å². The number of nitrogens with one attached hydrogen (secondary N) is 1. The summed E-state index contributed by atoms with van der Waals surface area (Å²) in [5, 5.41) is 0. The fraction of sp³-hybridized carbons (Fsp3) is 0.562. The number of fused-ring (bicyclic) bond motifs is 1. The second-order valence-corrected chi connectivity index (χ2v) is 5.95. The van der Waals surface area contributed by atoms with Crippen LogP contribution in [0.3, 0.4) is 0 Å². The van der Waals surface area contributed by atoms with E-state index in [9.17, 15) is 0 Å². The van der Waals surface area contributed by atoms with Crippen LogP contribution in [0.5, 0.6) is 0 Å². The number of hydrogen-bond acceptors (Lipinski definition) is 4. The van der Waals surface area contributed by atoms with Gasteiger partial charge in [-0.2, -0.15) is 0 Å². The number of aromatic nitrogens is 2. The number of aromatic amines is 1. The lowest BCUT2D eigenvalue weighted by Gasteiger charge is -2.25. The van der Waals surface area contributed by atoms with Crippen molar-refractivity contribution < 1.29 is 9.15 Å². The molecular formula is C16H21N3O2. The first-order chi connectivity index (χ1) is 10.4. The molecule has 0 aliphatic carbocycles. The second kappa shape index (κ2) is 5.66. The SMILES string of the molecule is c1nc2c([nH]1)CN(Cc1ccc([C@H]3CCCCO3)o1)CC2. The quantitative estimate of drug-likeness (QED) is 0.943. The summed E-state index contributed by atoms with van der Waals surface area (Å²) in [7, 11) is 0. The third kappa shape index (κ3) is 2.76. The van der Waals surface area contributed by atoms with Crippen molar-refractivity contribution in [2.75, 3.05) is 13.2 Å². The van der Waals surface area contributed by atoms with Crippen LogP contribution in [-0.2, 0) is 24.2 Å². The third-order valence-corrected chi connectivity index (χ3v) is 4.41. The molecule has 0 unspecified atom stereocenters. The smallest absolute Gasteiger partial charge is 0.133 e. The Bertz CT molecular complexity index is 598. The molecule has 2 aliphatic heterocycles. The summed E-state index contributed by atoms with van der Waals surface area (Å²) in [6.45, 7) is 3.67. The highest BCUT2D eigenvalue weighted by molar-refractivity contribution is 5.15. The Kier molecular flexibility index (Phi) is 3.53. The van der Waals surface area contributed by atoms with Crippen LogP contribution >= 0.6 is 0 Å². The molecule has 0 saturated carbocycles. The van der Waals surface area contributed by atoms with Crippen LogP contribution in [0.2, 0.25) is 0 Å². The van der Waals surface area contributed by atoms with Crippen molar-refractivity contribution in [2.45, 2.75) is 44.9 Å². The first-order valence-electron chi connectivity index (χ1n) is 7.82. The highest BCUT2D eigenvalue weighted by atomic mass is 16.5. The molecule has 2 aromatic heterocycles. The van der Waals surface area contributed by atoms with E-state index >= 15 is 0 Å². The monoisotopic (exact) mass is 287 g/mol. The molecule has 5 heteroatoms. The van der Waals surface area contributed by atoms with Crippen LogP contribution in [0.25, 0.3) is 0 Å². The van der Waals surface area contributed by atoms with Gasteiger partial charge in [0.2, 0.25) is 0 Å². The van der Waals surface area contributed by atoms with Crippen molar-refractivity contribution in [3.05, 3.63) is 41.4 Å². The minimum Gasteiger partial charge on any atom is -0.462 e. The lowest BCUT2D eigenvalue weighted by molar-refractivity contribution is 0.000794. The average molecular weight is 287 g/mol. The van der Waals surface area contributed by atoms with Crippen molar-refractivity contribution in [1.29, 1.82) is 0 Å². The molecule has 1 fully saturated rings. The summed E-state index contributed by atoms with van der Waals surface area (Å²) in [6.07, 6.45) is 6.44. The highest BCUT2D eigenvalue weighted by Gasteiger charge is 2.22. The Hall–Kier alpha value is -1.59. The van der Waals surface area contributed by atoms with E-state index in [-0.39, 0.29) is 6.10 Å². The van der Waals surface area contributed by atoms with E-state index in [1.54, 1.807) is 6.33 Å². The molecule has 1 N–H and O–H groups in total. The maximum atomic E-state index is 6.00. The number of hydrogen-bond donors (Lipinski definition) is 1. The van der Waals surface area contributed by atoms with Crippen LogP contribution in [0.1, 0.15) is 48.3 Å². The molecule has 0 amide bonds. The number of ether oxygens (including phenoxy) is 1. The van der Waals surface area contributed by atoms with Gasteiger partial charge in [0.25, 0.3) is 0 Å². The van der Waals surface area contributed by atoms with Crippen LogP contribution < -0.4 is 0 Å². The Balaban J connectivity index is 1.40. The molecule has 5 nitrogen and oxygen atoms in total. The summed E-state index contributed by atoms with van der Waals surface area (Å²) in [5.74, 6) is 2.02. The summed E-state index contributed by atoms with van der Waals surface area (Å²) in [6, 6.07) is 4.17. The molecule has 0 bridgehead atoms. The van der Waals surface area contributed by atoms with Crippen molar-refractivity contribution in [3.63, 3.8) is 0 Å². The van der Waals surface area contributed by atoms with E-state index in [1.807, 2.05) is 0 Å². The van der Waals surface area contributed by atoms with Gasteiger partial charge in [-0.15, -0.1) is 0 Å². The largest absolute Gasteiger partial charge is 0.462 e. The molecular weight excluding hydrogens is 266 g/mol. The number of rotatable bonds is 3. The molecule has 4 rings (SSSR count). The van der Waals surface area contributed by atoms with E-state index in [0.29, 0.717) is 0 Å². The summed E-state index contributed by atoms with van der Waals surface area (Å²) < 4.78 is 11.8. The Morgan fingerprint density at radius 1 is 1.33 bits per heavy atom. The van der Waals surface area contributed by atoms with Crippen molar-refractivity contribution in [3.8, 4) is 0 Å². The number of furan rings is 1. The van der Waals surface area contributed by atoms with Gasteiger partial charge in [-0.05, 0) is 31.4 Å². The molecule has 2 aliphatic rings. The fourth-order valence-corrected chi connectivity index (χ4v) is 3.24. The number of imidazole rings is 1. The first-order valence-corrected chi connectivity index (χ1v) is 7.82. The van der Waals surface area contributed by atoms with Gasteiger partial charge in [0, 0.05) is 26.1 Å². The lowest BCUT2D eigenvalue weighted by atomic mass is 10.1. The van der Waals surface area contributed by atoms with Crippen LogP contribution in [0, 0.1) is 0 Å².